The average Bonchev–Trinajstić information content (AvgIpc) is 2.88. The molecule has 2 aromatic heterocycles. The van der Waals surface area contributed by atoms with Crippen molar-refractivity contribution in [2.75, 3.05) is 5.32 Å². The quantitative estimate of drug-likeness (QED) is 0.942. The van der Waals surface area contributed by atoms with E-state index in [1.165, 1.54) is 0 Å². The van der Waals surface area contributed by atoms with Gasteiger partial charge in [-0.3, -0.25) is 4.79 Å². The highest BCUT2D eigenvalue weighted by atomic mass is 32.1. The Morgan fingerprint density at radius 2 is 1.95 bits per heavy atom. The monoisotopic (exact) mass is 305 g/mol. The van der Waals surface area contributed by atoms with Crippen LogP contribution < -0.4 is 10.9 Å². The van der Waals surface area contributed by atoms with Crippen LogP contribution in [0.4, 0.5) is 5.13 Å². The molecule has 0 atom stereocenters. The largest absolute Gasteiger partial charge is 0.357 e. The first-order chi connectivity index (χ1) is 10.1. The molecule has 0 spiro atoms. The Bertz CT molecular complexity index is 672. The van der Waals surface area contributed by atoms with Crippen molar-refractivity contribution in [1.29, 1.82) is 0 Å². The molecule has 0 unspecified atom stereocenters. The topological polar surface area (TPSA) is 72.7 Å². The third-order valence-corrected chi connectivity index (χ3v) is 4.62. The summed E-state index contributed by atoms with van der Waals surface area (Å²) in [7, 11) is 0. The van der Waals surface area contributed by atoms with Gasteiger partial charge in [0.15, 0.2) is 0 Å². The molecule has 1 aliphatic carbocycles. The van der Waals surface area contributed by atoms with E-state index in [0.29, 0.717) is 6.04 Å². The average molecular weight is 305 g/mol. The Labute approximate surface area is 127 Å². The van der Waals surface area contributed by atoms with E-state index in [2.05, 4.69) is 20.6 Å². The summed E-state index contributed by atoms with van der Waals surface area (Å²) < 4.78 is 1.65. The van der Waals surface area contributed by atoms with Crippen LogP contribution in [-0.4, -0.2) is 26.0 Å². The third-order valence-electron chi connectivity index (χ3n) is 3.85. The molecule has 1 aliphatic rings. The van der Waals surface area contributed by atoms with Gasteiger partial charge in [-0.25, -0.2) is 4.68 Å². The van der Waals surface area contributed by atoms with Gasteiger partial charge >= 0.3 is 0 Å². The summed E-state index contributed by atoms with van der Waals surface area (Å²) in [6.45, 7) is 3.87. The van der Waals surface area contributed by atoms with E-state index in [-0.39, 0.29) is 11.6 Å². The molecule has 0 radical (unpaired) electrons. The summed E-state index contributed by atoms with van der Waals surface area (Å²) >= 11 is 1.58. The Hall–Kier alpha value is -1.76. The minimum atomic E-state index is -0.00300. The van der Waals surface area contributed by atoms with Gasteiger partial charge in [0.05, 0.1) is 11.7 Å². The Kier molecular flexibility index (Phi) is 4.01. The van der Waals surface area contributed by atoms with Crippen molar-refractivity contribution in [2.24, 2.45) is 0 Å². The predicted molar refractivity (Wildman–Crippen MR) is 82.8 cm³/mol. The maximum Gasteiger partial charge on any atom is 0.267 e. The van der Waals surface area contributed by atoms with Crippen LogP contribution in [-0.2, 0) is 0 Å². The summed E-state index contributed by atoms with van der Waals surface area (Å²) in [5, 5.41) is 17.8. The molecule has 0 bridgehead atoms. The number of nitrogens with one attached hydrogen (secondary N) is 1. The van der Waals surface area contributed by atoms with Crippen molar-refractivity contribution < 1.29 is 0 Å². The van der Waals surface area contributed by atoms with Crippen molar-refractivity contribution >= 4 is 16.5 Å². The lowest BCUT2D eigenvalue weighted by molar-refractivity contribution is 0.302. The van der Waals surface area contributed by atoms with E-state index >= 15 is 0 Å². The number of anilines is 1. The highest BCUT2D eigenvalue weighted by molar-refractivity contribution is 7.15. The number of aryl methyl sites for hydroxylation is 2. The molecule has 112 valence electrons. The Balaban J connectivity index is 1.62. The van der Waals surface area contributed by atoms with Gasteiger partial charge in [-0.15, -0.1) is 10.2 Å². The lowest BCUT2D eigenvalue weighted by Crippen LogP contribution is -2.33. The molecule has 2 heterocycles. The molecule has 0 aliphatic heterocycles. The van der Waals surface area contributed by atoms with E-state index in [4.69, 9.17) is 0 Å². The highest BCUT2D eigenvalue weighted by Gasteiger charge is 2.24. The standard InChI is InChI=1S/C14H19N5OS/c1-9-3-8-13(20)19(18-9)12-6-4-11(5-7-12)15-14-17-16-10(2)21-14/h3,8,11-12H,4-7H2,1-2H3,(H,15,17). The molecule has 6 nitrogen and oxygen atoms in total. The van der Waals surface area contributed by atoms with Crippen molar-refractivity contribution in [3.8, 4) is 0 Å². The zero-order valence-electron chi connectivity index (χ0n) is 12.2. The fourth-order valence-corrected chi connectivity index (χ4v) is 3.45. The highest BCUT2D eigenvalue weighted by Crippen LogP contribution is 2.29. The number of nitrogens with zero attached hydrogens (tertiary/aromatic N) is 4. The zero-order valence-corrected chi connectivity index (χ0v) is 13.1. The van der Waals surface area contributed by atoms with Gasteiger partial charge in [-0.1, -0.05) is 11.3 Å². The fourth-order valence-electron chi connectivity index (χ4n) is 2.78. The third kappa shape index (κ3) is 3.29. The van der Waals surface area contributed by atoms with E-state index in [0.717, 1.165) is 41.5 Å². The number of rotatable bonds is 3. The van der Waals surface area contributed by atoms with Crippen LogP contribution >= 0.6 is 11.3 Å². The van der Waals surface area contributed by atoms with Crippen LogP contribution in [0.2, 0.25) is 0 Å². The minimum absolute atomic E-state index is 0.00300. The van der Waals surface area contributed by atoms with E-state index in [9.17, 15) is 4.79 Å². The molecule has 1 saturated carbocycles. The molecule has 21 heavy (non-hydrogen) atoms. The van der Waals surface area contributed by atoms with Gasteiger partial charge in [-0.2, -0.15) is 5.10 Å². The zero-order chi connectivity index (χ0) is 14.8. The molecule has 1 N–H and O–H groups in total. The van der Waals surface area contributed by atoms with E-state index in [1.54, 1.807) is 28.2 Å². The van der Waals surface area contributed by atoms with Crippen LogP contribution in [0.3, 0.4) is 0 Å². The maximum absolute atomic E-state index is 11.9. The summed E-state index contributed by atoms with van der Waals surface area (Å²) in [4.78, 5) is 11.9. The normalized spacial score (nSPS) is 22.2. The molecule has 3 rings (SSSR count). The summed E-state index contributed by atoms with van der Waals surface area (Å²) in [5.41, 5.74) is 0.885. The van der Waals surface area contributed by atoms with Crippen LogP contribution in [0.15, 0.2) is 16.9 Å². The SMILES string of the molecule is Cc1ccc(=O)n(C2CCC(Nc3nnc(C)s3)CC2)n1. The Morgan fingerprint density at radius 3 is 2.62 bits per heavy atom. The number of aromatic nitrogens is 4. The van der Waals surface area contributed by atoms with E-state index in [1.807, 2.05) is 13.8 Å². The first-order valence-corrected chi connectivity index (χ1v) is 8.06. The van der Waals surface area contributed by atoms with Gasteiger partial charge in [0.1, 0.15) is 5.01 Å². The van der Waals surface area contributed by atoms with Crippen molar-refractivity contribution in [1.82, 2.24) is 20.0 Å². The molecular formula is C14H19N5OS. The Morgan fingerprint density at radius 1 is 1.19 bits per heavy atom. The van der Waals surface area contributed by atoms with Crippen LogP contribution in [0.1, 0.15) is 42.4 Å². The van der Waals surface area contributed by atoms with Crippen molar-refractivity contribution in [3.05, 3.63) is 33.2 Å². The van der Waals surface area contributed by atoms with Gasteiger partial charge in [0.25, 0.3) is 5.56 Å². The molecule has 7 heteroatoms. The fraction of sp³-hybridized carbons (Fsp3) is 0.571. The molecular weight excluding hydrogens is 286 g/mol. The predicted octanol–water partition coefficient (Wildman–Crippen LogP) is 2.31. The van der Waals surface area contributed by atoms with Gasteiger partial charge in [-0.05, 0) is 45.6 Å². The molecule has 2 aromatic rings. The summed E-state index contributed by atoms with van der Waals surface area (Å²) in [5.74, 6) is 0. The first kappa shape index (κ1) is 14.2. The van der Waals surface area contributed by atoms with Crippen LogP contribution in [0, 0.1) is 13.8 Å². The van der Waals surface area contributed by atoms with Crippen molar-refractivity contribution in [3.63, 3.8) is 0 Å². The number of hydrogen-bond donors (Lipinski definition) is 1. The molecule has 1 fully saturated rings. The van der Waals surface area contributed by atoms with Gasteiger partial charge < -0.3 is 5.32 Å². The second-order valence-electron chi connectivity index (χ2n) is 5.53. The second-order valence-corrected chi connectivity index (χ2v) is 6.72. The molecule has 0 amide bonds. The summed E-state index contributed by atoms with van der Waals surface area (Å²) in [6, 6.07) is 4.00. The van der Waals surface area contributed by atoms with Gasteiger partial charge in [0.2, 0.25) is 5.13 Å². The lowest BCUT2D eigenvalue weighted by atomic mass is 9.91. The van der Waals surface area contributed by atoms with Crippen molar-refractivity contribution in [2.45, 2.75) is 51.6 Å². The first-order valence-electron chi connectivity index (χ1n) is 7.25. The molecule has 0 aromatic carbocycles. The van der Waals surface area contributed by atoms with Crippen LogP contribution in [0.5, 0.6) is 0 Å². The maximum atomic E-state index is 11.9. The minimum Gasteiger partial charge on any atom is -0.357 e. The van der Waals surface area contributed by atoms with Gasteiger partial charge in [0, 0.05) is 12.1 Å². The second kappa shape index (κ2) is 5.93. The lowest BCUT2D eigenvalue weighted by Gasteiger charge is -2.29. The molecule has 0 saturated heterocycles. The smallest absolute Gasteiger partial charge is 0.267 e. The summed E-state index contributed by atoms with van der Waals surface area (Å²) in [6.07, 6.45) is 3.97. The van der Waals surface area contributed by atoms with Crippen LogP contribution in [0.25, 0.3) is 0 Å². The number of hydrogen-bond acceptors (Lipinski definition) is 6. The van der Waals surface area contributed by atoms with E-state index < -0.39 is 0 Å².